The first-order chi connectivity index (χ1) is 6.18. The minimum absolute atomic E-state index is 0.256. The van der Waals surface area contributed by atoms with Crippen LogP contribution in [0.2, 0.25) is 0 Å². The maximum absolute atomic E-state index is 10.2. The maximum Gasteiger partial charge on any atom is 0.328 e. The predicted octanol–water partition coefficient (Wildman–Crippen LogP) is 0.0503. The Morgan fingerprint density at radius 2 is 2.46 bits per heavy atom. The Kier molecular flexibility index (Phi) is 3.92. The number of likely N-dealkylation sites (tertiary alicyclic amines) is 1. The average molecular weight is 184 g/mol. The van der Waals surface area contributed by atoms with Crippen molar-refractivity contribution in [2.24, 2.45) is 5.73 Å². The van der Waals surface area contributed by atoms with Crippen LogP contribution in [0.3, 0.4) is 0 Å². The van der Waals surface area contributed by atoms with E-state index >= 15 is 0 Å². The van der Waals surface area contributed by atoms with Gasteiger partial charge in [-0.15, -0.1) is 0 Å². The third-order valence-corrected chi connectivity index (χ3v) is 2.17. The first kappa shape index (κ1) is 10.2. The van der Waals surface area contributed by atoms with Gasteiger partial charge in [0.1, 0.15) is 0 Å². The molecule has 0 aromatic rings. The van der Waals surface area contributed by atoms with Crippen LogP contribution in [-0.4, -0.2) is 41.7 Å². The van der Waals surface area contributed by atoms with Gasteiger partial charge < -0.3 is 10.8 Å². The Balaban J connectivity index is 2.24. The number of hydrogen-bond acceptors (Lipinski definition) is 3. The number of aliphatic carboxylic acids is 1. The quantitative estimate of drug-likeness (QED) is 0.608. The molecule has 0 bridgehead atoms. The van der Waals surface area contributed by atoms with Gasteiger partial charge in [-0.1, -0.05) is 6.08 Å². The van der Waals surface area contributed by atoms with E-state index in [0.717, 1.165) is 25.9 Å². The average Bonchev–Trinajstić information content (AvgIpc) is 2.03. The van der Waals surface area contributed by atoms with Crippen molar-refractivity contribution in [3.63, 3.8) is 0 Å². The lowest BCUT2D eigenvalue weighted by Gasteiger charge is -2.29. The van der Waals surface area contributed by atoms with Crippen LogP contribution < -0.4 is 5.73 Å². The highest BCUT2D eigenvalue weighted by molar-refractivity contribution is 5.79. The number of nitrogens with two attached hydrogens (primary N) is 1. The largest absolute Gasteiger partial charge is 0.478 e. The summed E-state index contributed by atoms with van der Waals surface area (Å²) >= 11 is 0. The van der Waals surface area contributed by atoms with Crippen molar-refractivity contribution in [3.05, 3.63) is 12.2 Å². The molecule has 1 atom stereocenters. The van der Waals surface area contributed by atoms with Gasteiger partial charge in [-0.3, -0.25) is 4.90 Å². The molecule has 4 heteroatoms. The summed E-state index contributed by atoms with van der Waals surface area (Å²) in [6.45, 7) is 2.60. The molecule has 0 saturated carbocycles. The molecule has 0 aromatic carbocycles. The highest BCUT2D eigenvalue weighted by Crippen LogP contribution is 2.07. The monoisotopic (exact) mass is 184 g/mol. The summed E-state index contributed by atoms with van der Waals surface area (Å²) in [5.74, 6) is -0.888. The second-order valence-corrected chi connectivity index (χ2v) is 3.40. The zero-order valence-corrected chi connectivity index (χ0v) is 7.65. The summed E-state index contributed by atoms with van der Waals surface area (Å²) in [7, 11) is 0. The standard InChI is InChI=1S/C9H16N2O2/c10-8-3-1-5-11(7-8)6-2-4-9(12)13/h2,4,8H,1,3,5-7,10H2,(H,12,13). The van der Waals surface area contributed by atoms with Gasteiger partial charge in [0.15, 0.2) is 0 Å². The third kappa shape index (κ3) is 4.05. The van der Waals surface area contributed by atoms with Crippen LogP contribution in [0.1, 0.15) is 12.8 Å². The van der Waals surface area contributed by atoms with E-state index in [0.29, 0.717) is 6.54 Å². The molecule has 0 radical (unpaired) electrons. The Labute approximate surface area is 78.0 Å². The van der Waals surface area contributed by atoms with Gasteiger partial charge in [0.25, 0.3) is 0 Å². The van der Waals surface area contributed by atoms with E-state index in [1.54, 1.807) is 6.08 Å². The molecule has 74 valence electrons. The van der Waals surface area contributed by atoms with Crippen LogP contribution in [0.15, 0.2) is 12.2 Å². The summed E-state index contributed by atoms with van der Waals surface area (Å²) in [4.78, 5) is 12.3. The first-order valence-electron chi connectivity index (χ1n) is 4.56. The van der Waals surface area contributed by atoms with Crippen LogP contribution in [0, 0.1) is 0 Å². The molecule has 1 unspecified atom stereocenters. The van der Waals surface area contributed by atoms with Crippen LogP contribution in [0.5, 0.6) is 0 Å². The molecule has 1 fully saturated rings. The molecular formula is C9H16N2O2. The smallest absolute Gasteiger partial charge is 0.328 e. The molecule has 1 rings (SSSR count). The normalized spacial score (nSPS) is 25.2. The number of piperidine rings is 1. The van der Waals surface area contributed by atoms with E-state index in [1.165, 1.54) is 6.08 Å². The highest BCUT2D eigenvalue weighted by Gasteiger charge is 2.14. The highest BCUT2D eigenvalue weighted by atomic mass is 16.4. The molecule has 0 spiro atoms. The second kappa shape index (κ2) is 4.99. The Morgan fingerprint density at radius 1 is 1.69 bits per heavy atom. The van der Waals surface area contributed by atoms with Crippen molar-refractivity contribution in [2.75, 3.05) is 19.6 Å². The van der Waals surface area contributed by atoms with E-state index in [1.807, 2.05) is 0 Å². The fourth-order valence-corrected chi connectivity index (χ4v) is 1.56. The lowest BCUT2D eigenvalue weighted by Crippen LogP contribution is -2.42. The van der Waals surface area contributed by atoms with Gasteiger partial charge >= 0.3 is 5.97 Å². The zero-order valence-electron chi connectivity index (χ0n) is 7.65. The van der Waals surface area contributed by atoms with Crippen LogP contribution in [0.4, 0.5) is 0 Å². The lowest BCUT2D eigenvalue weighted by atomic mass is 10.1. The molecule has 0 amide bonds. The Morgan fingerprint density at radius 3 is 3.08 bits per heavy atom. The molecule has 0 aliphatic carbocycles. The van der Waals surface area contributed by atoms with Crippen molar-refractivity contribution in [1.29, 1.82) is 0 Å². The summed E-state index contributed by atoms with van der Waals surface area (Å²) < 4.78 is 0. The van der Waals surface area contributed by atoms with E-state index < -0.39 is 5.97 Å². The molecule has 13 heavy (non-hydrogen) atoms. The van der Waals surface area contributed by atoms with Crippen molar-refractivity contribution in [2.45, 2.75) is 18.9 Å². The van der Waals surface area contributed by atoms with Gasteiger partial charge in [-0.25, -0.2) is 4.79 Å². The fourth-order valence-electron chi connectivity index (χ4n) is 1.56. The number of hydrogen-bond donors (Lipinski definition) is 2. The minimum Gasteiger partial charge on any atom is -0.478 e. The minimum atomic E-state index is -0.888. The summed E-state index contributed by atoms with van der Waals surface area (Å²) in [6, 6.07) is 0.256. The number of rotatable bonds is 3. The number of carbonyl (C=O) groups is 1. The number of carboxylic acid groups (broad SMARTS) is 1. The van der Waals surface area contributed by atoms with Crippen molar-refractivity contribution >= 4 is 5.97 Å². The number of nitrogens with zero attached hydrogens (tertiary/aromatic N) is 1. The fraction of sp³-hybridized carbons (Fsp3) is 0.667. The van der Waals surface area contributed by atoms with Crippen molar-refractivity contribution in [3.8, 4) is 0 Å². The van der Waals surface area contributed by atoms with Crippen molar-refractivity contribution < 1.29 is 9.90 Å². The van der Waals surface area contributed by atoms with Gasteiger partial charge in [0, 0.05) is 25.2 Å². The topological polar surface area (TPSA) is 66.6 Å². The predicted molar refractivity (Wildman–Crippen MR) is 50.4 cm³/mol. The summed E-state index contributed by atoms with van der Waals surface area (Å²) in [6.07, 6.45) is 5.04. The van der Waals surface area contributed by atoms with Gasteiger partial charge in [-0.2, -0.15) is 0 Å². The van der Waals surface area contributed by atoms with Gasteiger partial charge in [0.2, 0.25) is 0 Å². The second-order valence-electron chi connectivity index (χ2n) is 3.40. The van der Waals surface area contributed by atoms with E-state index in [9.17, 15) is 4.79 Å². The Hall–Kier alpha value is -0.870. The molecule has 3 N–H and O–H groups in total. The molecule has 4 nitrogen and oxygen atoms in total. The molecule has 1 heterocycles. The molecular weight excluding hydrogens is 168 g/mol. The molecule has 1 aliphatic rings. The van der Waals surface area contributed by atoms with Crippen molar-refractivity contribution in [1.82, 2.24) is 4.90 Å². The van der Waals surface area contributed by atoms with Gasteiger partial charge in [-0.05, 0) is 19.4 Å². The number of carboxylic acids is 1. The van der Waals surface area contributed by atoms with E-state index in [2.05, 4.69) is 4.90 Å². The SMILES string of the molecule is NC1CCCN(CC=CC(=O)O)C1. The van der Waals surface area contributed by atoms with Crippen LogP contribution in [0.25, 0.3) is 0 Å². The van der Waals surface area contributed by atoms with Crippen LogP contribution in [-0.2, 0) is 4.79 Å². The summed E-state index contributed by atoms with van der Waals surface area (Å²) in [5, 5.41) is 8.36. The van der Waals surface area contributed by atoms with E-state index in [-0.39, 0.29) is 6.04 Å². The maximum atomic E-state index is 10.2. The lowest BCUT2D eigenvalue weighted by molar-refractivity contribution is -0.131. The first-order valence-corrected chi connectivity index (χ1v) is 4.56. The van der Waals surface area contributed by atoms with Crippen LogP contribution >= 0.6 is 0 Å². The molecule has 1 saturated heterocycles. The van der Waals surface area contributed by atoms with E-state index in [4.69, 9.17) is 10.8 Å². The summed E-state index contributed by atoms with van der Waals surface area (Å²) in [5.41, 5.74) is 5.77. The molecule has 1 aliphatic heterocycles. The van der Waals surface area contributed by atoms with Gasteiger partial charge in [0.05, 0.1) is 0 Å². The third-order valence-electron chi connectivity index (χ3n) is 2.17. The molecule has 0 aromatic heterocycles. The zero-order chi connectivity index (χ0) is 9.68. The Bertz CT molecular complexity index is 204.